The quantitative estimate of drug-likeness (QED) is 0.273. The first-order valence-corrected chi connectivity index (χ1v) is 6.31. The van der Waals surface area contributed by atoms with E-state index in [1.54, 1.807) is 0 Å². The van der Waals surface area contributed by atoms with Gasteiger partial charge in [-0.15, -0.1) is 0 Å². The van der Waals surface area contributed by atoms with E-state index in [2.05, 4.69) is 5.43 Å². The van der Waals surface area contributed by atoms with Crippen molar-refractivity contribution < 1.29 is 10.2 Å². The molecule has 3 atom stereocenters. The molecule has 1 aliphatic heterocycles. The van der Waals surface area contributed by atoms with Crippen LogP contribution in [0.2, 0.25) is 0 Å². The Labute approximate surface area is 95.0 Å². The molecule has 0 spiro atoms. The van der Waals surface area contributed by atoms with Crippen molar-refractivity contribution in [2.45, 2.75) is 24.8 Å². The predicted octanol–water partition coefficient (Wildman–Crippen LogP) is -0.838. The first kappa shape index (κ1) is 13.2. The molecule has 0 bridgehead atoms. The fourth-order valence-corrected chi connectivity index (χ4v) is 2.95. The third kappa shape index (κ3) is 4.26. The minimum absolute atomic E-state index is 0.142. The molecular weight excluding hydrogens is 214 g/mol. The molecule has 5 nitrogen and oxygen atoms in total. The molecule has 0 aromatic rings. The fourth-order valence-electron chi connectivity index (χ4n) is 1.60. The van der Waals surface area contributed by atoms with Gasteiger partial charge < -0.3 is 10.2 Å². The molecule has 90 valence electrons. The molecule has 0 radical (unpaired) electrons. The second-order valence-electron chi connectivity index (χ2n) is 4.05. The average molecular weight is 235 g/mol. The molecule has 6 heteroatoms. The van der Waals surface area contributed by atoms with Gasteiger partial charge in [-0.25, -0.2) is 5.43 Å². The largest absolute Gasteiger partial charge is 0.381 e. The molecule has 1 unspecified atom stereocenters. The van der Waals surface area contributed by atoms with E-state index in [1.165, 1.54) is 0 Å². The van der Waals surface area contributed by atoms with Gasteiger partial charge in [-0.3, -0.25) is 10.7 Å². The Bertz CT molecular complexity index is 185. The number of nitrogens with zero attached hydrogens (tertiary/aromatic N) is 1. The van der Waals surface area contributed by atoms with Crippen molar-refractivity contribution in [1.29, 1.82) is 0 Å². The highest BCUT2D eigenvalue weighted by molar-refractivity contribution is 7.99. The Kier molecular flexibility index (Phi) is 5.88. The summed E-state index contributed by atoms with van der Waals surface area (Å²) in [5.41, 5.74) is 2.35. The van der Waals surface area contributed by atoms with Gasteiger partial charge >= 0.3 is 0 Å². The van der Waals surface area contributed by atoms with Crippen molar-refractivity contribution in [2.24, 2.45) is 11.8 Å². The van der Waals surface area contributed by atoms with Crippen LogP contribution in [0.1, 0.15) is 13.3 Å². The molecule has 15 heavy (non-hydrogen) atoms. The Balaban J connectivity index is 2.15. The highest BCUT2D eigenvalue weighted by Gasteiger charge is 2.23. The lowest BCUT2D eigenvalue weighted by Crippen LogP contribution is -2.40. The maximum absolute atomic E-state index is 9.40. The van der Waals surface area contributed by atoms with E-state index >= 15 is 0 Å². The van der Waals surface area contributed by atoms with Crippen LogP contribution in [-0.2, 0) is 0 Å². The van der Waals surface area contributed by atoms with Crippen LogP contribution < -0.4 is 11.3 Å². The van der Waals surface area contributed by atoms with Gasteiger partial charge in [-0.2, -0.15) is 11.8 Å². The Morgan fingerprint density at radius 1 is 1.67 bits per heavy atom. The van der Waals surface area contributed by atoms with Gasteiger partial charge in [0.2, 0.25) is 0 Å². The van der Waals surface area contributed by atoms with Crippen LogP contribution in [0.5, 0.6) is 0 Å². The monoisotopic (exact) mass is 235 g/mol. The first-order valence-electron chi connectivity index (χ1n) is 5.26. The van der Waals surface area contributed by atoms with Crippen LogP contribution in [0.3, 0.4) is 0 Å². The predicted molar refractivity (Wildman–Crippen MR) is 62.0 cm³/mol. The van der Waals surface area contributed by atoms with Gasteiger partial charge in [-0.1, -0.05) is 6.92 Å². The summed E-state index contributed by atoms with van der Waals surface area (Å²) < 4.78 is 0. The van der Waals surface area contributed by atoms with Crippen LogP contribution in [0.4, 0.5) is 0 Å². The maximum Gasteiger partial charge on any atom is 0.120 e. The van der Waals surface area contributed by atoms with Crippen molar-refractivity contribution in [3.63, 3.8) is 0 Å². The lowest BCUT2D eigenvalue weighted by Gasteiger charge is -2.19. The zero-order valence-electron chi connectivity index (χ0n) is 9.09. The second-order valence-corrected chi connectivity index (χ2v) is 5.38. The number of rotatable bonds is 6. The Morgan fingerprint density at radius 2 is 2.40 bits per heavy atom. The van der Waals surface area contributed by atoms with Gasteiger partial charge in [-0.05, 0) is 12.2 Å². The van der Waals surface area contributed by atoms with Crippen molar-refractivity contribution in [1.82, 2.24) is 10.3 Å². The highest BCUT2D eigenvalue weighted by Crippen LogP contribution is 2.24. The minimum atomic E-state index is -0.632. The average Bonchev–Trinajstić information content (AvgIpc) is 2.72. The number of hydrazine groups is 1. The van der Waals surface area contributed by atoms with Crippen molar-refractivity contribution in [3.8, 4) is 0 Å². The van der Waals surface area contributed by atoms with E-state index in [-0.39, 0.29) is 12.6 Å². The van der Waals surface area contributed by atoms with E-state index in [0.29, 0.717) is 5.25 Å². The summed E-state index contributed by atoms with van der Waals surface area (Å²) >= 11 is 1.85. The SMILES string of the molecule is CC(CS[C@@H]1CCN(CO)C1)[C@@H](O)NN. The molecule has 0 aromatic heterocycles. The zero-order chi connectivity index (χ0) is 11.3. The maximum atomic E-state index is 9.40. The van der Waals surface area contributed by atoms with Crippen LogP contribution >= 0.6 is 11.8 Å². The Morgan fingerprint density at radius 3 is 2.93 bits per heavy atom. The molecule has 0 aromatic carbocycles. The molecule has 0 amide bonds. The zero-order valence-corrected chi connectivity index (χ0v) is 9.91. The van der Waals surface area contributed by atoms with Crippen molar-refractivity contribution >= 4 is 11.8 Å². The number of nitrogens with one attached hydrogen (secondary N) is 1. The summed E-state index contributed by atoms with van der Waals surface area (Å²) in [5.74, 6) is 6.18. The van der Waals surface area contributed by atoms with E-state index < -0.39 is 6.23 Å². The normalized spacial score (nSPS) is 26.8. The van der Waals surface area contributed by atoms with Gasteiger partial charge in [0, 0.05) is 24.3 Å². The molecule has 1 aliphatic rings. The van der Waals surface area contributed by atoms with E-state index in [4.69, 9.17) is 10.9 Å². The lowest BCUT2D eigenvalue weighted by molar-refractivity contribution is 0.0931. The molecule has 1 fully saturated rings. The summed E-state index contributed by atoms with van der Waals surface area (Å²) in [6.07, 6.45) is 0.484. The van der Waals surface area contributed by atoms with E-state index in [9.17, 15) is 5.11 Å². The van der Waals surface area contributed by atoms with Crippen LogP contribution in [0.25, 0.3) is 0 Å². The number of aliphatic hydroxyl groups excluding tert-OH is 2. The van der Waals surface area contributed by atoms with Gasteiger partial charge in [0.05, 0.1) is 6.73 Å². The molecular formula is C9H21N3O2S. The molecule has 0 saturated carbocycles. The lowest BCUT2D eigenvalue weighted by atomic mass is 10.2. The van der Waals surface area contributed by atoms with Crippen LogP contribution in [0.15, 0.2) is 0 Å². The van der Waals surface area contributed by atoms with Crippen molar-refractivity contribution in [2.75, 3.05) is 25.6 Å². The smallest absolute Gasteiger partial charge is 0.120 e. The number of likely N-dealkylation sites (tertiary alicyclic amines) is 1. The second kappa shape index (κ2) is 6.67. The number of aliphatic hydroxyl groups is 2. The topological polar surface area (TPSA) is 81.8 Å². The van der Waals surface area contributed by atoms with Gasteiger partial charge in [0.1, 0.15) is 6.23 Å². The summed E-state index contributed by atoms with van der Waals surface area (Å²) in [6.45, 7) is 4.04. The minimum Gasteiger partial charge on any atom is -0.381 e. The summed E-state index contributed by atoms with van der Waals surface area (Å²) in [7, 11) is 0. The number of nitrogens with two attached hydrogens (primary N) is 1. The molecule has 1 rings (SSSR count). The van der Waals surface area contributed by atoms with E-state index in [1.807, 2.05) is 23.6 Å². The molecule has 5 N–H and O–H groups in total. The number of thioether (sulfide) groups is 1. The fraction of sp³-hybridized carbons (Fsp3) is 1.00. The van der Waals surface area contributed by atoms with Gasteiger partial charge in [0.15, 0.2) is 0 Å². The first-order chi connectivity index (χ1) is 7.17. The third-order valence-electron chi connectivity index (χ3n) is 2.73. The van der Waals surface area contributed by atoms with Crippen molar-refractivity contribution in [3.05, 3.63) is 0 Å². The van der Waals surface area contributed by atoms with Crippen LogP contribution in [-0.4, -0.2) is 52.2 Å². The molecule has 1 heterocycles. The summed E-state index contributed by atoms with van der Waals surface area (Å²) in [6, 6.07) is 0. The third-order valence-corrected chi connectivity index (χ3v) is 4.31. The summed E-state index contributed by atoms with van der Waals surface area (Å²) in [5, 5.41) is 18.9. The number of hydrogen-bond donors (Lipinski definition) is 4. The molecule has 1 saturated heterocycles. The molecule has 0 aliphatic carbocycles. The standard InChI is InChI=1S/C9H21N3O2S/c1-7(9(14)11-10)5-15-8-2-3-12(4-8)6-13/h7-9,11,13-14H,2-6,10H2,1H3/t7?,8-,9-/m1/s1. The summed E-state index contributed by atoms with van der Waals surface area (Å²) in [4.78, 5) is 2.03. The highest BCUT2D eigenvalue weighted by atomic mass is 32.2. The number of hydrogen-bond acceptors (Lipinski definition) is 6. The van der Waals surface area contributed by atoms with Gasteiger partial charge in [0.25, 0.3) is 0 Å². The van der Waals surface area contributed by atoms with Crippen LogP contribution in [0, 0.1) is 5.92 Å². The van der Waals surface area contributed by atoms with E-state index in [0.717, 1.165) is 25.3 Å². The Hall–Kier alpha value is 0.150.